The van der Waals surface area contributed by atoms with Crippen LogP contribution in [-0.4, -0.2) is 11.5 Å². The van der Waals surface area contributed by atoms with E-state index in [1.807, 2.05) is 6.07 Å². The van der Waals surface area contributed by atoms with E-state index >= 15 is 0 Å². The Morgan fingerprint density at radius 2 is 2.12 bits per heavy atom. The maximum Gasteiger partial charge on any atom is 0.135 e. The molecule has 3 N–H and O–H groups in total. The van der Waals surface area contributed by atoms with Crippen molar-refractivity contribution in [1.82, 2.24) is 0 Å². The number of rotatable bonds is 4. The summed E-state index contributed by atoms with van der Waals surface area (Å²) in [5, 5.41) is 3.27. The average molecular weight is 252 g/mol. The molecule has 1 aliphatic carbocycles. The number of anilines is 1. The van der Waals surface area contributed by atoms with Crippen molar-refractivity contribution in [2.24, 2.45) is 11.7 Å². The molecule has 92 valence electrons. The summed E-state index contributed by atoms with van der Waals surface area (Å²) in [5.74, 6) is 0.377. The van der Waals surface area contributed by atoms with Gasteiger partial charge in [0.1, 0.15) is 10.8 Å². The smallest absolute Gasteiger partial charge is 0.135 e. The molecule has 1 fully saturated rings. The highest BCUT2D eigenvalue weighted by molar-refractivity contribution is 7.80. The molecule has 0 unspecified atom stereocenters. The van der Waals surface area contributed by atoms with Crippen molar-refractivity contribution in [3.8, 4) is 0 Å². The van der Waals surface area contributed by atoms with Crippen LogP contribution in [0.1, 0.15) is 31.2 Å². The highest BCUT2D eigenvalue weighted by Crippen LogP contribution is 2.25. The molecular weight excluding hydrogens is 235 g/mol. The number of benzene rings is 1. The summed E-state index contributed by atoms with van der Waals surface area (Å²) in [7, 11) is 0. The Bertz CT molecular complexity index is 414. The third-order valence-electron chi connectivity index (χ3n) is 3.30. The van der Waals surface area contributed by atoms with Crippen LogP contribution in [-0.2, 0) is 0 Å². The molecule has 0 heterocycles. The summed E-state index contributed by atoms with van der Waals surface area (Å²) < 4.78 is 13.6. The first-order valence-electron chi connectivity index (χ1n) is 6.00. The summed E-state index contributed by atoms with van der Waals surface area (Å²) in [6.07, 6.45) is 5.20. The molecular formula is C13H17FN2S. The SMILES string of the molecule is NC(=S)c1ccc(NCC2CCCC2)cc1F. The number of hydrogen-bond donors (Lipinski definition) is 2. The summed E-state index contributed by atoms with van der Waals surface area (Å²) in [4.78, 5) is 0.102. The third-order valence-corrected chi connectivity index (χ3v) is 3.52. The first-order chi connectivity index (χ1) is 8.16. The fourth-order valence-corrected chi connectivity index (χ4v) is 2.47. The molecule has 0 radical (unpaired) electrons. The minimum absolute atomic E-state index is 0.102. The van der Waals surface area contributed by atoms with E-state index in [0.29, 0.717) is 5.56 Å². The second kappa shape index (κ2) is 5.45. The lowest BCUT2D eigenvalue weighted by molar-refractivity contribution is 0.579. The summed E-state index contributed by atoms with van der Waals surface area (Å²) >= 11 is 4.76. The number of nitrogens with one attached hydrogen (secondary N) is 1. The van der Waals surface area contributed by atoms with E-state index in [0.717, 1.165) is 18.2 Å². The van der Waals surface area contributed by atoms with Crippen LogP contribution in [0, 0.1) is 11.7 Å². The second-order valence-electron chi connectivity index (χ2n) is 4.59. The third kappa shape index (κ3) is 3.16. The van der Waals surface area contributed by atoms with E-state index in [4.69, 9.17) is 18.0 Å². The predicted octanol–water partition coefficient (Wildman–Crippen LogP) is 3.06. The van der Waals surface area contributed by atoms with Gasteiger partial charge in [0.15, 0.2) is 0 Å². The van der Waals surface area contributed by atoms with Crippen molar-refractivity contribution in [3.63, 3.8) is 0 Å². The molecule has 1 saturated carbocycles. The van der Waals surface area contributed by atoms with Crippen LogP contribution in [0.4, 0.5) is 10.1 Å². The van der Waals surface area contributed by atoms with E-state index in [-0.39, 0.29) is 10.8 Å². The second-order valence-corrected chi connectivity index (χ2v) is 5.03. The summed E-state index contributed by atoms with van der Waals surface area (Å²) in [6, 6.07) is 4.92. The number of hydrogen-bond acceptors (Lipinski definition) is 2. The largest absolute Gasteiger partial charge is 0.389 e. The zero-order chi connectivity index (χ0) is 12.3. The molecule has 0 aliphatic heterocycles. The highest BCUT2D eigenvalue weighted by atomic mass is 32.1. The molecule has 4 heteroatoms. The van der Waals surface area contributed by atoms with Crippen LogP contribution >= 0.6 is 12.2 Å². The van der Waals surface area contributed by atoms with Gasteiger partial charge in [-0.25, -0.2) is 4.39 Å². The van der Waals surface area contributed by atoms with Gasteiger partial charge >= 0.3 is 0 Å². The van der Waals surface area contributed by atoms with Crippen molar-refractivity contribution >= 4 is 22.9 Å². The lowest BCUT2D eigenvalue weighted by atomic mass is 10.1. The van der Waals surface area contributed by atoms with Crippen molar-refractivity contribution in [2.45, 2.75) is 25.7 Å². The predicted molar refractivity (Wildman–Crippen MR) is 72.7 cm³/mol. The van der Waals surface area contributed by atoms with Gasteiger partial charge in [-0.3, -0.25) is 0 Å². The Morgan fingerprint density at radius 1 is 1.41 bits per heavy atom. The van der Waals surface area contributed by atoms with E-state index in [1.54, 1.807) is 6.07 Å². The Balaban J connectivity index is 1.97. The molecule has 1 aliphatic rings. The molecule has 2 nitrogen and oxygen atoms in total. The zero-order valence-corrected chi connectivity index (χ0v) is 10.5. The Hall–Kier alpha value is -1.16. The Kier molecular flexibility index (Phi) is 3.94. The van der Waals surface area contributed by atoms with Gasteiger partial charge in [0.25, 0.3) is 0 Å². The molecule has 0 aromatic heterocycles. The van der Waals surface area contributed by atoms with Crippen LogP contribution in [0.15, 0.2) is 18.2 Å². The lowest BCUT2D eigenvalue weighted by Crippen LogP contribution is -2.13. The molecule has 1 aromatic carbocycles. The van der Waals surface area contributed by atoms with E-state index in [1.165, 1.54) is 31.7 Å². The monoisotopic (exact) mass is 252 g/mol. The maximum atomic E-state index is 13.6. The van der Waals surface area contributed by atoms with E-state index < -0.39 is 0 Å². The molecule has 17 heavy (non-hydrogen) atoms. The first-order valence-corrected chi connectivity index (χ1v) is 6.41. The normalized spacial score (nSPS) is 16.1. The van der Waals surface area contributed by atoms with Gasteiger partial charge in [-0.05, 0) is 37.0 Å². The molecule has 0 amide bonds. The Morgan fingerprint density at radius 3 is 2.71 bits per heavy atom. The van der Waals surface area contributed by atoms with Crippen molar-refractivity contribution in [3.05, 3.63) is 29.6 Å². The zero-order valence-electron chi connectivity index (χ0n) is 9.71. The van der Waals surface area contributed by atoms with Gasteiger partial charge in [-0.15, -0.1) is 0 Å². The molecule has 0 spiro atoms. The fourth-order valence-electron chi connectivity index (χ4n) is 2.30. The summed E-state index contributed by atoms with van der Waals surface area (Å²) in [5.41, 5.74) is 6.52. The minimum atomic E-state index is -0.353. The van der Waals surface area contributed by atoms with Crippen LogP contribution in [0.3, 0.4) is 0 Å². The van der Waals surface area contributed by atoms with Crippen LogP contribution in [0.25, 0.3) is 0 Å². The standard InChI is InChI=1S/C13H17FN2S/c14-12-7-10(5-6-11(12)13(15)17)16-8-9-3-1-2-4-9/h5-7,9,16H,1-4,8H2,(H2,15,17). The fraction of sp³-hybridized carbons (Fsp3) is 0.462. The first kappa shape index (κ1) is 12.3. The number of halogens is 1. The molecule has 1 aromatic rings. The lowest BCUT2D eigenvalue weighted by Gasteiger charge is -2.12. The summed E-state index contributed by atoms with van der Waals surface area (Å²) in [6.45, 7) is 0.922. The minimum Gasteiger partial charge on any atom is -0.389 e. The molecule has 2 rings (SSSR count). The molecule has 0 atom stereocenters. The van der Waals surface area contributed by atoms with Gasteiger partial charge in [0.2, 0.25) is 0 Å². The topological polar surface area (TPSA) is 38.0 Å². The van der Waals surface area contributed by atoms with Gasteiger partial charge in [0.05, 0.1) is 0 Å². The van der Waals surface area contributed by atoms with E-state index in [9.17, 15) is 4.39 Å². The van der Waals surface area contributed by atoms with Gasteiger partial charge < -0.3 is 11.1 Å². The van der Waals surface area contributed by atoms with Gasteiger partial charge in [0, 0.05) is 17.8 Å². The number of nitrogens with two attached hydrogens (primary N) is 1. The quantitative estimate of drug-likeness (QED) is 0.809. The van der Waals surface area contributed by atoms with Gasteiger partial charge in [-0.2, -0.15) is 0 Å². The van der Waals surface area contributed by atoms with Crippen molar-refractivity contribution in [2.75, 3.05) is 11.9 Å². The number of thiocarbonyl (C=S) groups is 1. The molecule has 0 bridgehead atoms. The van der Waals surface area contributed by atoms with Crippen molar-refractivity contribution < 1.29 is 4.39 Å². The Labute approximate surface area is 106 Å². The average Bonchev–Trinajstić information content (AvgIpc) is 2.78. The van der Waals surface area contributed by atoms with Crippen LogP contribution in [0.2, 0.25) is 0 Å². The molecule has 0 saturated heterocycles. The van der Waals surface area contributed by atoms with Crippen LogP contribution < -0.4 is 11.1 Å². The van der Waals surface area contributed by atoms with Gasteiger partial charge in [-0.1, -0.05) is 25.1 Å². The van der Waals surface area contributed by atoms with Crippen LogP contribution in [0.5, 0.6) is 0 Å². The highest BCUT2D eigenvalue weighted by Gasteiger charge is 2.14. The maximum absolute atomic E-state index is 13.6. The van der Waals surface area contributed by atoms with E-state index in [2.05, 4.69) is 5.32 Å². The van der Waals surface area contributed by atoms with Crippen molar-refractivity contribution in [1.29, 1.82) is 0 Å².